The second kappa shape index (κ2) is 11.7. The number of aryl methyl sites for hydroxylation is 2. The van der Waals surface area contributed by atoms with Crippen molar-refractivity contribution in [3.05, 3.63) is 69.2 Å². The van der Waals surface area contributed by atoms with Gasteiger partial charge in [-0.25, -0.2) is 4.98 Å². The van der Waals surface area contributed by atoms with Crippen LogP contribution in [-0.4, -0.2) is 52.9 Å². The van der Waals surface area contributed by atoms with Crippen LogP contribution in [0.3, 0.4) is 0 Å². The second-order valence-electron chi connectivity index (χ2n) is 8.11. The molecular formula is C25H30ClN5O3. The van der Waals surface area contributed by atoms with E-state index in [1.165, 1.54) is 0 Å². The van der Waals surface area contributed by atoms with Crippen molar-refractivity contribution in [2.45, 2.75) is 33.9 Å². The monoisotopic (exact) mass is 483 g/mol. The molecule has 2 amide bonds. The van der Waals surface area contributed by atoms with Crippen LogP contribution in [0.1, 0.15) is 25.0 Å². The molecule has 180 valence electrons. The Hall–Kier alpha value is -3.39. The smallest absolute Gasteiger partial charge is 0.261 e. The average molecular weight is 484 g/mol. The minimum absolute atomic E-state index is 0.00304. The molecule has 3 aromatic rings. The fraction of sp³-hybridized carbons (Fsp3) is 0.360. The van der Waals surface area contributed by atoms with Gasteiger partial charge >= 0.3 is 0 Å². The Morgan fingerprint density at radius 2 is 1.88 bits per heavy atom. The highest BCUT2D eigenvalue weighted by Crippen LogP contribution is 2.20. The number of amides is 2. The Kier molecular flexibility index (Phi) is 8.65. The summed E-state index contributed by atoms with van der Waals surface area (Å²) in [6, 6.07) is 11.5. The van der Waals surface area contributed by atoms with Crippen LogP contribution in [-0.2, 0) is 22.7 Å². The van der Waals surface area contributed by atoms with E-state index in [9.17, 15) is 14.4 Å². The topological polar surface area (TPSA) is 87.5 Å². The van der Waals surface area contributed by atoms with Gasteiger partial charge in [0.15, 0.2) is 0 Å². The lowest BCUT2D eigenvalue weighted by molar-refractivity contribution is -0.129. The van der Waals surface area contributed by atoms with Crippen LogP contribution in [0, 0.1) is 6.92 Å². The van der Waals surface area contributed by atoms with Gasteiger partial charge in [0.2, 0.25) is 12.3 Å². The maximum absolute atomic E-state index is 12.4. The number of fused-ring (bicyclic) bond motifs is 1. The Labute approximate surface area is 204 Å². The number of rotatable bonds is 5. The summed E-state index contributed by atoms with van der Waals surface area (Å²) in [4.78, 5) is 42.1. The number of nitrogens with one attached hydrogen (secondary N) is 1. The van der Waals surface area contributed by atoms with Gasteiger partial charge in [-0.1, -0.05) is 23.7 Å². The summed E-state index contributed by atoms with van der Waals surface area (Å²) >= 11 is 5.88. The average Bonchev–Trinajstić information content (AvgIpc) is 2.85. The summed E-state index contributed by atoms with van der Waals surface area (Å²) in [5.41, 5.74) is 3.80. The Balaban J connectivity index is 0.000000229. The largest absolute Gasteiger partial charge is 0.368 e. The van der Waals surface area contributed by atoms with Crippen LogP contribution in [0.4, 0.5) is 5.69 Å². The number of halogens is 1. The predicted molar refractivity (Wildman–Crippen MR) is 135 cm³/mol. The normalized spacial score (nSPS) is 13.3. The van der Waals surface area contributed by atoms with E-state index in [1.807, 2.05) is 55.1 Å². The quantitative estimate of drug-likeness (QED) is 0.564. The Morgan fingerprint density at radius 3 is 2.50 bits per heavy atom. The highest BCUT2D eigenvalue weighted by molar-refractivity contribution is 6.31. The van der Waals surface area contributed by atoms with Crippen molar-refractivity contribution in [2.75, 3.05) is 31.1 Å². The molecule has 1 aliphatic heterocycles. The third-order valence-electron chi connectivity index (χ3n) is 5.86. The molecule has 0 bridgehead atoms. The van der Waals surface area contributed by atoms with Crippen molar-refractivity contribution in [2.24, 2.45) is 0 Å². The molecule has 0 atom stereocenters. The Morgan fingerprint density at radius 1 is 1.15 bits per heavy atom. The van der Waals surface area contributed by atoms with Crippen molar-refractivity contribution < 1.29 is 9.59 Å². The number of hydrogen-bond acceptors (Lipinski definition) is 5. The zero-order valence-electron chi connectivity index (χ0n) is 19.8. The zero-order chi connectivity index (χ0) is 24.7. The molecule has 0 aliphatic carbocycles. The molecule has 34 heavy (non-hydrogen) atoms. The van der Waals surface area contributed by atoms with Crippen LogP contribution < -0.4 is 15.8 Å². The summed E-state index contributed by atoms with van der Waals surface area (Å²) in [5, 5.41) is 3.96. The van der Waals surface area contributed by atoms with Crippen molar-refractivity contribution in [3.63, 3.8) is 0 Å². The number of carbonyl (C=O) groups excluding carboxylic acids is 2. The van der Waals surface area contributed by atoms with Gasteiger partial charge in [-0.05, 0) is 49.2 Å². The fourth-order valence-corrected chi connectivity index (χ4v) is 3.96. The summed E-state index contributed by atoms with van der Waals surface area (Å²) in [5.74, 6) is 0.119. The third-order valence-corrected chi connectivity index (χ3v) is 6.27. The van der Waals surface area contributed by atoms with Gasteiger partial charge < -0.3 is 15.1 Å². The van der Waals surface area contributed by atoms with Gasteiger partial charge in [0.25, 0.3) is 5.56 Å². The molecule has 4 rings (SSSR count). The zero-order valence-corrected chi connectivity index (χ0v) is 20.5. The van der Waals surface area contributed by atoms with E-state index in [0.717, 1.165) is 53.5 Å². The predicted octanol–water partition coefficient (Wildman–Crippen LogP) is 2.98. The van der Waals surface area contributed by atoms with Crippen molar-refractivity contribution in [1.29, 1.82) is 0 Å². The lowest BCUT2D eigenvalue weighted by Gasteiger charge is -2.35. The standard InChI is InChI=1S/C16H20N4O2.C9H10ClNO/c1-3-18-11-17-15-5-4-13(10-14(15)16(18)22)20-8-6-19(7-9-20)12(2)21;1-7-2-3-8(4-9(7)10)5-11-6-12/h4-5,10-11H,3,6-9H2,1-2H3;2-4,6H,5H2,1H3,(H,11,12). The highest BCUT2D eigenvalue weighted by Gasteiger charge is 2.19. The fourth-order valence-electron chi connectivity index (χ4n) is 3.75. The summed E-state index contributed by atoms with van der Waals surface area (Å²) in [6.07, 6.45) is 2.27. The molecule has 1 N–H and O–H groups in total. The van der Waals surface area contributed by atoms with E-state index in [2.05, 4.69) is 15.2 Å². The Bertz CT molecular complexity index is 1220. The highest BCUT2D eigenvalue weighted by atomic mass is 35.5. The number of anilines is 1. The molecular weight excluding hydrogens is 454 g/mol. The SMILES string of the molecule is CCn1cnc2ccc(N3CCN(C(C)=O)CC3)cc2c1=O.Cc1ccc(CNC=O)cc1Cl. The van der Waals surface area contributed by atoms with Gasteiger partial charge in [0.1, 0.15) is 0 Å². The molecule has 2 heterocycles. The lowest BCUT2D eigenvalue weighted by atomic mass is 10.1. The minimum Gasteiger partial charge on any atom is -0.368 e. The van der Waals surface area contributed by atoms with E-state index < -0.39 is 0 Å². The first-order valence-corrected chi connectivity index (χ1v) is 11.6. The van der Waals surface area contributed by atoms with Gasteiger partial charge in [0.05, 0.1) is 17.2 Å². The van der Waals surface area contributed by atoms with Crippen LogP contribution in [0.5, 0.6) is 0 Å². The molecule has 1 aliphatic rings. The minimum atomic E-state index is -0.00304. The number of carbonyl (C=O) groups is 2. The van der Waals surface area contributed by atoms with Gasteiger partial charge in [-0.2, -0.15) is 0 Å². The number of hydrogen-bond donors (Lipinski definition) is 1. The van der Waals surface area contributed by atoms with E-state index in [-0.39, 0.29) is 11.5 Å². The maximum Gasteiger partial charge on any atom is 0.261 e. The number of nitrogens with zero attached hydrogens (tertiary/aromatic N) is 4. The van der Waals surface area contributed by atoms with E-state index in [1.54, 1.807) is 17.8 Å². The second-order valence-corrected chi connectivity index (χ2v) is 8.52. The molecule has 1 saturated heterocycles. The van der Waals surface area contributed by atoms with E-state index in [4.69, 9.17) is 11.6 Å². The molecule has 2 aromatic carbocycles. The molecule has 0 spiro atoms. The first-order valence-electron chi connectivity index (χ1n) is 11.3. The number of benzene rings is 2. The first kappa shape index (κ1) is 25.2. The summed E-state index contributed by atoms with van der Waals surface area (Å²) in [7, 11) is 0. The maximum atomic E-state index is 12.4. The molecule has 0 saturated carbocycles. The molecule has 8 nitrogen and oxygen atoms in total. The van der Waals surface area contributed by atoms with Gasteiger partial charge in [-0.15, -0.1) is 0 Å². The van der Waals surface area contributed by atoms with Crippen LogP contribution in [0.2, 0.25) is 5.02 Å². The van der Waals surface area contributed by atoms with Crippen LogP contribution >= 0.6 is 11.6 Å². The lowest BCUT2D eigenvalue weighted by Crippen LogP contribution is -2.48. The third kappa shape index (κ3) is 6.14. The van der Waals surface area contributed by atoms with Crippen molar-refractivity contribution in [1.82, 2.24) is 19.8 Å². The van der Waals surface area contributed by atoms with Crippen molar-refractivity contribution in [3.8, 4) is 0 Å². The van der Waals surface area contributed by atoms with Crippen LogP contribution in [0.25, 0.3) is 10.9 Å². The van der Waals surface area contributed by atoms with E-state index >= 15 is 0 Å². The number of piperazine rings is 1. The first-order chi connectivity index (χ1) is 16.3. The van der Waals surface area contributed by atoms with E-state index in [0.29, 0.717) is 24.9 Å². The molecule has 1 aromatic heterocycles. The molecule has 1 fully saturated rings. The summed E-state index contributed by atoms with van der Waals surface area (Å²) < 4.78 is 1.61. The molecule has 0 radical (unpaired) electrons. The van der Waals surface area contributed by atoms with Crippen LogP contribution in [0.15, 0.2) is 47.5 Å². The molecule has 9 heteroatoms. The van der Waals surface area contributed by atoms with Gasteiger partial charge in [0, 0.05) is 56.9 Å². The van der Waals surface area contributed by atoms with Gasteiger partial charge in [-0.3, -0.25) is 19.0 Å². The number of aromatic nitrogens is 2. The van der Waals surface area contributed by atoms with Crippen molar-refractivity contribution >= 4 is 40.5 Å². The summed E-state index contributed by atoms with van der Waals surface area (Å²) in [6.45, 7) is 9.64. The molecule has 0 unspecified atom stereocenters.